The fourth-order valence-electron chi connectivity index (χ4n) is 3.55. The largest absolute Gasteiger partial charge is 0.336 e. The molecule has 0 bridgehead atoms. The normalized spacial score (nSPS) is 13.7. The summed E-state index contributed by atoms with van der Waals surface area (Å²) >= 11 is 0. The Hall–Kier alpha value is -3.15. The van der Waals surface area contributed by atoms with Crippen LogP contribution in [0.15, 0.2) is 58.1 Å². The summed E-state index contributed by atoms with van der Waals surface area (Å²) in [6, 6.07) is 15.2. The summed E-state index contributed by atoms with van der Waals surface area (Å²) < 4.78 is 2.62. The number of aryl methyl sites for hydroxylation is 1. The Morgan fingerprint density at radius 1 is 0.923 bits per heavy atom. The maximum atomic E-state index is 12.8. The van der Waals surface area contributed by atoms with E-state index in [4.69, 9.17) is 0 Å². The van der Waals surface area contributed by atoms with Gasteiger partial charge in [-0.2, -0.15) is 0 Å². The Labute approximate surface area is 149 Å². The molecule has 2 heterocycles. The molecular formula is C20H19N3O3. The van der Waals surface area contributed by atoms with Crippen LogP contribution in [0.3, 0.4) is 0 Å². The topological polar surface area (TPSA) is 64.3 Å². The van der Waals surface area contributed by atoms with Gasteiger partial charge in [-0.1, -0.05) is 36.4 Å². The number of benzene rings is 2. The van der Waals surface area contributed by atoms with Gasteiger partial charge in [0.1, 0.15) is 6.54 Å². The number of carbonyl (C=O) groups excluding carboxylic acids is 1. The molecule has 0 saturated carbocycles. The summed E-state index contributed by atoms with van der Waals surface area (Å²) in [5.74, 6) is -0.153. The molecule has 0 aliphatic carbocycles. The van der Waals surface area contributed by atoms with E-state index in [1.807, 2.05) is 18.2 Å². The first-order valence-electron chi connectivity index (χ1n) is 8.59. The minimum absolute atomic E-state index is 0.127. The number of rotatable bonds is 2. The Balaban J connectivity index is 1.69. The summed E-state index contributed by atoms with van der Waals surface area (Å²) in [5.41, 5.74) is 2.32. The average molecular weight is 349 g/mol. The first-order valence-corrected chi connectivity index (χ1v) is 8.59. The predicted octanol–water partition coefficient (Wildman–Crippen LogP) is 1.29. The zero-order valence-corrected chi connectivity index (χ0v) is 14.5. The molecule has 0 N–H and O–H groups in total. The van der Waals surface area contributed by atoms with E-state index in [9.17, 15) is 14.4 Å². The summed E-state index contributed by atoms with van der Waals surface area (Å²) in [7, 11) is 1.57. The monoisotopic (exact) mass is 349 g/mol. The first kappa shape index (κ1) is 16.3. The second kappa shape index (κ2) is 6.29. The van der Waals surface area contributed by atoms with Gasteiger partial charge in [-0.3, -0.25) is 19.0 Å². The Kier molecular flexibility index (Phi) is 3.95. The number of hydrogen-bond acceptors (Lipinski definition) is 3. The molecule has 0 spiro atoms. The van der Waals surface area contributed by atoms with E-state index in [-0.39, 0.29) is 12.5 Å². The fraction of sp³-hybridized carbons (Fsp3) is 0.250. The molecule has 0 fully saturated rings. The van der Waals surface area contributed by atoms with Crippen LogP contribution in [0.25, 0.3) is 11.0 Å². The third-order valence-electron chi connectivity index (χ3n) is 5.04. The van der Waals surface area contributed by atoms with E-state index >= 15 is 0 Å². The lowest BCUT2D eigenvalue weighted by Gasteiger charge is -2.29. The van der Waals surface area contributed by atoms with Crippen LogP contribution < -0.4 is 11.1 Å². The Morgan fingerprint density at radius 3 is 2.35 bits per heavy atom. The predicted molar refractivity (Wildman–Crippen MR) is 99.0 cm³/mol. The number of nitrogens with zero attached hydrogens (tertiary/aromatic N) is 3. The van der Waals surface area contributed by atoms with Crippen LogP contribution in [0.5, 0.6) is 0 Å². The first-order chi connectivity index (χ1) is 12.6. The van der Waals surface area contributed by atoms with Crippen molar-refractivity contribution in [1.29, 1.82) is 0 Å². The molecule has 1 amide bonds. The summed E-state index contributed by atoms with van der Waals surface area (Å²) in [4.78, 5) is 39.3. The molecule has 0 atom stereocenters. The van der Waals surface area contributed by atoms with E-state index in [1.165, 1.54) is 14.7 Å². The van der Waals surface area contributed by atoms with Crippen molar-refractivity contribution < 1.29 is 4.79 Å². The second-order valence-corrected chi connectivity index (χ2v) is 6.58. The second-order valence-electron chi connectivity index (χ2n) is 6.58. The van der Waals surface area contributed by atoms with Gasteiger partial charge in [0.25, 0.3) is 0 Å². The lowest BCUT2D eigenvalue weighted by atomic mass is 10.00. The van der Waals surface area contributed by atoms with Crippen LogP contribution in [0.2, 0.25) is 0 Å². The minimum Gasteiger partial charge on any atom is -0.336 e. The van der Waals surface area contributed by atoms with E-state index in [1.54, 1.807) is 36.2 Å². The SMILES string of the molecule is Cn1c(=O)c(=O)n(CC(=O)N2CCc3ccccc3C2)c2ccccc21. The van der Waals surface area contributed by atoms with Crippen molar-refractivity contribution in [3.05, 3.63) is 80.4 Å². The van der Waals surface area contributed by atoms with Gasteiger partial charge < -0.3 is 9.47 Å². The van der Waals surface area contributed by atoms with Gasteiger partial charge in [0.05, 0.1) is 11.0 Å². The third kappa shape index (κ3) is 2.63. The summed E-state index contributed by atoms with van der Waals surface area (Å²) in [6.45, 7) is 1.03. The molecular weight excluding hydrogens is 330 g/mol. The van der Waals surface area contributed by atoms with Crippen LogP contribution in [0.4, 0.5) is 0 Å². The Morgan fingerprint density at radius 2 is 1.58 bits per heavy atom. The van der Waals surface area contributed by atoms with Gasteiger partial charge in [0.15, 0.2) is 0 Å². The molecule has 26 heavy (non-hydrogen) atoms. The van der Waals surface area contributed by atoms with Crippen LogP contribution >= 0.6 is 0 Å². The highest BCUT2D eigenvalue weighted by Crippen LogP contribution is 2.19. The number of hydrogen-bond donors (Lipinski definition) is 0. The molecule has 0 saturated heterocycles. The summed E-state index contributed by atoms with van der Waals surface area (Å²) in [5, 5.41) is 0. The van der Waals surface area contributed by atoms with Gasteiger partial charge >= 0.3 is 11.1 Å². The smallest absolute Gasteiger partial charge is 0.317 e. The van der Waals surface area contributed by atoms with Gasteiger partial charge in [0.2, 0.25) is 5.91 Å². The van der Waals surface area contributed by atoms with Crippen LogP contribution in [-0.4, -0.2) is 26.5 Å². The molecule has 6 heteroatoms. The molecule has 4 rings (SSSR count). The number of aromatic nitrogens is 2. The lowest BCUT2D eigenvalue weighted by Crippen LogP contribution is -2.44. The number of amides is 1. The highest BCUT2D eigenvalue weighted by molar-refractivity contribution is 5.80. The molecule has 1 aromatic heterocycles. The molecule has 0 radical (unpaired) electrons. The maximum Gasteiger partial charge on any atom is 0.317 e. The molecule has 1 aliphatic rings. The molecule has 6 nitrogen and oxygen atoms in total. The van der Waals surface area contributed by atoms with Crippen molar-refractivity contribution in [1.82, 2.24) is 14.0 Å². The zero-order chi connectivity index (χ0) is 18.3. The van der Waals surface area contributed by atoms with E-state index in [2.05, 4.69) is 6.07 Å². The average Bonchev–Trinajstić information content (AvgIpc) is 2.69. The van der Waals surface area contributed by atoms with Gasteiger partial charge in [0, 0.05) is 20.1 Å². The Bertz CT molecular complexity index is 1130. The molecule has 3 aromatic rings. The highest BCUT2D eigenvalue weighted by Gasteiger charge is 2.22. The fourth-order valence-corrected chi connectivity index (χ4v) is 3.55. The quantitative estimate of drug-likeness (QED) is 0.655. The van der Waals surface area contributed by atoms with E-state index in [0.29, 0.717) is 24.1 Å². The standard InChI is InChI=1S/C20H19N3O3/c1-21-16-8-4-5-9-17(16)23(20(26)19(21)25)13-18(24)22-11-10-14-6-2-3-7-15(14)12-22/h2-9H,10-13H2,1H3. The molecule has 1 aliphatic heterocycles. The van der Waals surface area contributed by atoms with Crippen LogP contribution in [0.1, 0.15) is 11.1 Å². The van der Waals surface area contributed by atoms with Crippen molar-refractivity contribution in [3.8, 4) is 0 Å². The summed E-state index contributed by atoms with van der Waals surface area (Å²) in [6.07, 6.45) is 0.800. The lowest BCUT2D eigenvalue weighted by molar-refractivity contribution is -0.132. The van der Waals surface area contributed by atoms with Gasteiger partial charge in [-0.25, -0.2) is 0 Å². The molecule has 132 valence electrons. The number of carbonyl (C=O) groups is 1. The van der Waals surface area contributed by atoms with E-state index in [0.717, 1.165) is 12.0 Å². The van der Waals surface area contributed by atoms with Crippen molar-refractivity contribution in [2.75, 3.05) is 6.54 Å². The highest BCUT2D eigenvalue weighted by atomic mass is 16.2. The molecule has 2 aromatic carbocycles. The van der Waals surface area contributed by atoms with Crippen LogP contribution in [-0.2, 0) is 31.4 Å². The van der Waals surface area contributed by atoms with E-state index < -0.39 is 11.1 Å². The maximum absolute atomic E-state index is 12.8. The van der Waals surface area contributed by atoms with Crippen molar-refractivity contribution in [2.45, 2.75) is 19.5 Å². The van der Waals surface area contributed by atoms with Crippen molar-refractivity contribution in [2.24, 2.45) is 7.05 Å². The van der Waals surface area contributed by atoms with Crippen LogP contribution in [0, 0.1) is 0 Å². The van der Waals surface area contributed by atoms with Crippen molar-refractivity contribution in [3.63, 3.8) is 0 Å². The number of fused-ring (bicyclic) bond motifs is 2. The van der Waals surface area contributed by atoms with Gasteiger partial charge in [-0.05, 0) is 29.7 Å². The van der Waals surface area contributed by atoms with Crippen molar-refractivity contribution >= 4 is 16.9 Å². The van der Waals surface area contributed by atoms with Gasteiger partial charge in [-0.15, -0.1) is 0 Å². The minimum atomic E-state index is -0.669. The zero-order valence-electron chi connectivity index (χ0n) is 14.5. The third-order valence-corrected chi connectivity index (χ3v) is 5.04. The number of para-hydroxylation sites is 2. The molecule has 0 unspecified atom stereocenters.